The lowest BCUT2D eigenvalue weighted by Crippen LogP contribution is -1.94. The second-order valence-electron chi connectivity index (χ2n) is 5.25. The monoisotopic (exact) mass is 319 g/mol. The summed E-state index contributed by atoms with van der Waals surface area (Å²) in [5.41, 5.74) is 2.51. The SMILES string of the molecule is C=Cn1nc(Cc2ccc(OC)cc2)nc1-c1cccc(C=O)c1. The number of methoxy groups -OCH3 is 1. The number of ether oxygens (including phenoxy) is 1. The van der Waals surface area contributed by atoms with Crippen LogP contribution < -0.4 is 4.74 Å². The molecule has 5 heteroatoms. The minimum atomic E-state index is 0.600. The zero-order valence-corrected chi connectivity index (χ0v) is 13.3. The molecule has 0 atom stereocenters. The fourth-order valence-electron chi connectivity index (χ4n) is 2.44. The summed E-state index contributed by atoms with van der Waals surface area (Å²) in [5, 5.41) is 4.47. The molecule has 0 radical (unpaired) electrons. The highest BCUT2D eigenvalue weighted by molar-refractivity contribution is 5.77. The Bertz CT molecular complexity index is 867. The summed E-state index contributed by atoms with van der Waals surface area (Å²) in [6.07, 6.45) is 3.02. The molecule has 3 rings (SSSR count). The topological polar surface area (TPSA) is 57.0 Å². The van der Waals surface area contributed by atoms with Gasteiger partial charge in [0.1, 0.15) is 12.0 Å². The highest BCUT2D eigenvalue weighted by Crippen LogP contribution is 2.20. The van der Waals surface area contributed by atoms with Crippen molar-refractivity contribution in [3.63, 3.8) is 0 Å². The number of hydrogen-bond donors (Lipinski definition) is 0. The molecule has 3 aromatic rings. The van der Waals surface area contributed by atoms with E-state index < -0.39 is 0 Å². The zero-order valence-electron chi connectivity index (χ0n) is 13.3. The molecule has 0 saturated carbocycles. The maximum absolute atomic E-state index is 11.0. The van der Waals surface area contributed by atoms with Gasteiger partial charge in [0.05, 0.1) is 7.11 Å². The molecule has 0 saturated heterocycles. The van der Waals surface area contributed by atoms with Gasteiger partial charge in [-0.15, -0.1) is 0 Å². The van der Waals surface area contributed by atoms with Crippen LogP contribution in [-0.4, -0.2) is 28.2 Å². The summed E-state index contributed by atoms with van der Waals surface area (Å²) >= 11 is 0. The highest BCUT2D eigenvalue weighted by Gasteiger charge is 2.11. The van der Waals surface area contributed by atoms with Crippen molar-refractivity contribution in [2.75, 3.05) is 7.11 Å². The Kier molecular flexibility index (Phi) is 4.52. The molecule has 5 nitrogen and oxygen atoms in total. The molecule has 0 spiro atoms. The van der Waals surface area contributed by atoms with Crippen molar-refractivity contribution in [3.8, 4) is 17.1 Å². The molecule has 0 N–H and O–H groups in total. The Morgan fingerprint density at radius 1 is 1.21 bits per heavy atom. The van der Waals surface area contributed by atoms with Crippen LogP contribution in [0.3, 0.4) is 0 Å². The smallest absolute Gasteiger partial charge is 0.162 e. The summed E-state index contributed by atoms with van der Waals surface area (Å²) in [6, 6.07) is 15.1. The van der Waals surface area contributed by atoms with Crippen LogP contribution in [0.15, 0.2) is 55.1 Å². The van der Waals surface area contributed by atoms with Crippen LogP contribution in [0.1, 0.15) is 21.7 Å². The molecule has 120 valence electrons. The first-order valence-electron chi connectivity index (χ1n) is 7.50. The maximum atomic E-state index is 11.0. The Balaban J connectivity index is 1.91. The fourth-order valence-corrected chi connectivity index (χ4v) is 2.44. The van der Waals surface area contributed by atoms with Gasteiger partial charge in [0.25, 0.3) is 0 Å². The van der Waals surface area contributed by atoms with E-state index >= 15 is 0 Å². The lowest BCUT2D eigenvalue weighted by molar-refractivity contribution is 0.112. The molecule has 1 heterocycles. The minimum Gasteiger partial charge on any atom is -0.497 e. The largest absolute Gasteiger partial charge is 0.497 e. The Morgan fingerprint density at radius 3 is 2.67 bits per heavy atom. The van der Waals surface area contributed by atoms with E-state index in [4.69, 9.17) is 4.74 Å². The van der Waals surface area contributed by atoms with Gasteiger partial charge in [0.15, 0.2) is 11.6 Å². The van der Waals surface area contributed by atoms with Crippen LogP contribution in [0.4, 0.5) is 0 Å². The Morgan fingerprint density at radius 2 is 2.00 bits per heavy atom. The second kappa shape index (κ2) is 6.91. The summed E-state index contributed by atoms with van der Waals surface area (Å²) in [6.45, 7) is 3.78. The van der Waals surface area contributed by atoms with Crippen LogP contribution in [-0.2, 0) is 6.42 Å². The van der Waals surface area contributed by atoms with Crippen LogP contribution in [0.25, 0.3) is 17.6 Å². The van der Waals surface area contributed by atoms with Gasteiger partial charge in [-0.1, -0.05) is 36.9 Å². The lowest BCUT2D eigenvalue weighted by atomic mass is 10.1. The maximum Gasteiger partial charge on any atom is 0.162 e. The molecule has 0 fully saturated rings. The lowest BCUT2D eigenvalue weighted by Gasteiger charge is -2.01. The standard InChI is InChI=1S/C19H17N3O2/c1-3-22-19(16-6-4-5-15(11-16)13-23)20-18(21-22)12-14-7-9-17(24-2)10-8-14/h3-11,13H,1,12H2,2H3. The van der Waals surface area contributed by atoms with Gasteiger partial charge in [0.2, 0.25) is 0 Å². The predicted molar refractivity (Wildman–Crippen MR) is 93.0 cm³/mol. The highest BCUT2D eigenvalue weighted by atomic mass is 16.5. The third kappa shape index (κ3) is 3.25. The number of aldehydes is 1. The molecule has 0 bridgehead atoms. The summed E-state index contributed by atoms with van der Waals surface area (Å²) in [7, 11) is 1.64. The summed E-state index contributed by atoms with van der Waals surface area (Å²) in [4.78, 5) is 15.6. The van der Waals surface area contributed by atoms with E-state index in [1.165, 1.54) is 0 Å². The molecular weight excluding hydrogens is 302 g/mol. The number of rotatable bonds is 6. The van der Waals surface area contributed by atoms with Crippen molar-refractivity contribution in [1.82, 2.24) is 14.8 Å². The molecule has 1 aromatic heterocycles. The van der Waals surface area contributed by atoms with Gasteiger partial charge in [-0.25, -0.2) is 9.67 Å². The normalized spacial score (nSPS) is 10.4. The van der Waals surface area contributed by atoms with Crippen LogP contribution >= 0.6 is 0 Å². The molecule has 0 aliphatic carbocycles. The predicted octanol–water partition coefficient (Wildman–Crippen LogP) is 3.46. The average Bonchev–Trinajstić information content (AvgIpc) is 3.05. The molecule has 0 amide bonds. The minimum absolute atomic E-state index is 0.600. The third-order valence-electron chi connectivity index (χ3n) is 3.65. The van der Waals surface area contributed by atoms with Crippen LogP contribution in [0.5, 0.6) is 5.75 Å². The van der Waals surface area contributed by atoms with Crippen LogP contribution in [0, 0.1) is 0 Å². The molecule has 0 aliphatic heterocycles. The molecular formula is C19H17N3O2. The van der Waals surface area contributed by atoms with Crippen molar-refractivity contribution < 1.29 is 9.53 Å². The van der Waals surface area contributed by atoms with E-state index in [1.807, 2.05) is 36.4 Å². The first-order valence-corrected chi connectivity index (χ1v) is 7.50. The molecule has 2 aromatic carbocycles. The van der Waals surface area contributed by atoms with E-state index in [-0.39, 0.29) is 0 Å². The molecule has 0 aliphatic rings. The first kappa shape index (κ1) is 15.7. The van der Waals surface area contributed by atoms with Crippen molar-refractivity contribution in [2.45, 2.75) is 6.42 Å². The fraction of sp³-hybridized carbons (Fsp3) is 0.105. The van der Waals surface area contributed by atoms with Gasteiger partial charge in [-0.2, -0.15) is 5.10 Å². The molecule has 24 heavy (non-hydrogen) atoms. The molecule has 0 unspecified atom stereocenters. The van der Waals surface area contributed by atoms with E-state index in [1.54, 1.807) is 30.1 Å². The number of hydrogen-bond acceptors (Lipinski definition) is 4. The Labute approximate surface area is 140 Å². The van der Waals surface area contributed by atoms with Gasteiger partial charge in [-0.3, -0.25) is 4.79 Å². The summed E-state index contributed by atoms with van der Waals surface area (Å²) in [5.74, 6) is 2.17. The summed E-state index contributed by atoms with van der Waals surface area (Å²) < 4.78 is 6.79. The first-order chi connectivity index (χ1) is 11.7. The number of carbonyl (C=O) groups excluding carboxylic acids is 1. The van der Waals surface area contributed by atoms with E-state index in [2.05, 4.69) is 16.7 Å². The Hall–Kier alpha value is -3.21. The van der Waals surface area contributed by atoms with Gasteiger partial charge >= 0.3 is 0 Å². The zero-order chi connectivity index (χ0) is 16.9. The average molecular weight is 319 g/mol. The number of aromatic nitrogens is 3. The van der Waals surface area contributed by atoms with Crippen molar-refractivity contribution in [1.29, 1.82) is 0 Å². The number of carbonyl (C=O) groups is 1. The van der Waals surface area contributed by atoms with Crippen molar-refractivity contribution >= 4 is 12.5 Å². The van der Waals surface area contributed by atoms with Crippen LogP contribution in [0.2, 0.25) is 0 Å². The number of nitrogens with zero attached hydrogens (tertiary/aromatic N) is 3. The van der Waals surface area contributed by atoms with Gasteiger partial charge < -0.3 is 4.74 Å². The van der Waals surface area contributed by atoms with Crippen molar-refractivity contribution in [3.05, 3.63) is 72.1 Å². The quantitative estimate of drug-likeness (QED) is 0.653. The van der Waals surface area contributed by atoms with E-state index in [0.717, 1.165) is 23.2 Å². The van der Waals surface area contributed by atoms with E-state index in [9.17, 15) is 4.79 Å². The van der Waals surface area contributed by atoms with E-state index in [0.29, 0.717) is 23.6 Å². The van der Waals surface area contributed by atoms with Gasteiger partial charge in [-0.05, 0) is 23.8 Å². The number of benzene rings is 2. The third-order valence-corrected chi connectivity index (χ3v) is 3.65. The van der Waals surface area contributed by atoms with Gasteiger partial charge in [0, 0.05) is 23.7 Å². The second-order valence-corrected chi connectivity index (χ2v) is 5.25. The van der Waals surface area contributed by atoms with Crippen molar-refractivity contribution in [2.24, 2.45) is 0 Å².